The quantitative estimate of drug-likeness (QED) is 0.780. The highest BCUT2D eigenvalue weighted by Gasteiger charge is 2.21. The summed E-state index contributed by atoms with van der Waals surface area (Å²) in [7, 11) is 0. The highest BCUT2D eigenvalue weighted by Crippen LogP contribution is 2.22. The largest absolute Gasteiger partial charge is 0.365 e. The summed E-state index contributed by atoms with van der Waals surface area (Å²) in [5, 5.41) is 14.7. The zero-order valence-electron chi connectivity index (χ0n) is 12.4. The average Bonchev–Trinajstić information content (AvgIpc) is 3.22. The van der Waals surface area contributed by atoms with E-state index in [4.69, 9.17) is 0 Å². The van der Waals surface area contributed by atoms with Crippen LogP contribution in [0, 0.1) is 0 Å². The molecule has 1 N–H and O–H groups in total. The van der Waals surface area contributed by atoms with Gasteiger partial charge in [-0.25, -0.2) is 0 Å². The fraction of sp³-hybridized carbons (Fsp3) is 0.267. The lowest BCUT2D eigenvalue weighted by molar-refractivity contribution is -0.117. The fourth-order valence-corrected chi connectivity index (χ4v) is 2.74. The highest BCUT2D eigenvalue weighted by atomic mass is 16.2. The third kappa shape index (κ3) is 2.59. The number of aromatic nitrogens is 5. The first kappa shape index (κ1) is 13.6. The molecule has 3 aromatic rings. The van der Waals surface area contributed by atoms with Crippen molar-refractivity contribution >= 4 is 23.1 Å². The molecule has 1 aliphatic rings. The molecule has 116 valence electrons. The monoisotopic (exact) mass is 309 g/mol. The maximum atomic E-state index is 11.9. The van der Waals surface area contributed by atoms with Crippen LogP contribution >= 0.6 is 0 Å². The summed E-state index contributed by atoms with van der Waals surface area (Å²) in [6.07, 6.45) is 4.84. The Bertz CT molecular complexity index is 860. The predicted octanol–water partition coefficient (Wildman–Crippen LogP) is 1.26. The molecule has 2 aromatic heterocycles. The zero-order chi connectivity index (χ0) is 15.6. The second-order valence-electron chi connectivity index (χ2n) is 5.41. The van der Waals surface area contributed by atoms with E-state index in [9.17, 15) is 4.79 Å². The molecular formula is C15H15N7O. The molecular weight excluding hydrogens is 294 g/mol. The first-order valence-corrected chi connectivity index (χ1v) is 7.46. The topological polar surface area (TPSA) is 88.3 Å². The van der Waals surface area contributed by atoms with Crippen molar-refractivity contribution < 1.29 is 4.79 Å². The number of rotatable bonds is 4. The van der Waals surface area contributed by atoms with E-state index in [2.05, 4.69) is 25.8 Å². The zero-order valence-corrected chi connectivity index (χ0v) is 12.4. The van der Waals surface area contributed by atoms with E-state index in [1.807, 2.05) is 29.2 Å². The third-order valence-corrected chi connectivity index (χ3v) is 3.88. The molecule has 0 atom stereocenters. The SMILES string of the molecule is O=C1CCCN1c1cccc(CNc2cncc3nnnn23)c1. The Morgan fingerprint density at radius 1 is 1.26 bits per heavy atom. The van der Waals surface area contributed by atoms with Crippen molar-refractivity contribution in [2.75, 3.05) is 16.8 Å². The summed E-state index contributed by atoms with van der Waals surface area (Å²) in [6, 6.07) is 7.98. The van der Waals surface area contributed by atoms with Gasteiger partial charge in [0.1, 0.15) is 0 Å². The van der Waals surface area contributed by atoms with E-state index in [0.29, 0.717) is 18.6 Å². The Labute approximate surface area is 132 Å². The molecule has 0 aliphatic carbocycles. The van der Waals surface area contributed by atoms with Crippen LogP contribution in [0.15, 0.2) is 36.7 Å². The van der Waals surface area contributed by atoms with Crippen molar-refractivity contribution in [1.29, 1.82) is 0 Å². The predicted molar refractivity (Wildman–Crippen MR) is 83.9 cm³/mol. The van der Waals surface area contributed by atoms with Crippen LogP contribution in [-0.4, -0.2) is 37.5 Å². The second kappa shape index (κ2) is 5.64. The third-order valence-electron chi connectivity index (χ3n) is 3.88. The van der Waals surface area contributed by atoms with E-state index in [0.717, 1.165) is 30.0 Å². The van der Waals surface area contributed by atoms with Crippen molar-refractivity contribution in [3.8, 4) is 0 Å². The molecule has 23 heavy (non-hydrogen) atoms. The summed E-state index contributed by atoms with van der Waals surface area (Å²) in [5.41, 5.74) is 2.62. The van der Waals surface area contributed by atoms with Gasteiger partial charge in [0.2, 0.25) is 5.91 Å². The molecule has 8 heteroatoms. The lowest BCUT2D eigenvalue weighted by Crippen LogP contribution is -2.23. The molecule has 4 rings (SSSR count). The van der Waals surface area contributed by atoms with Gasteiger partial charge in [0.25, 0.3) is 0 Å². The van der Waals surface area contributed by atoms with Crippen molar-refractivity contribution in [2.24, 2.45) is 0 Å². The van der Waals surface area contributed by atoms with Gasteiger partial charge in [-0.15, -0.1) is 5.10 Å². The minimum absolute atomic E-state index is 0.192. The lowest BCUT2D eigenvalue weighted by atomic mass is 10.2. The van der Waals surface area contributed by atoms with E-state index >= 15 is 0 Å². The molecule has 0 spiro atoms. The Balaban J connectivity index is 1.53. The van der Waals surface area contributed by atoms with E-state index in [1.54, 1.807) is 16.9 Å². The molecule has 1 saturated heterocycles. The molecule has 1 aliphatic heterocycles. The van der Waals surface area contributed by atoms with Gasteiger partial charge in [-0.2, -0.15) is 4.52 Å². The standard InChI is InChI=1S/C15H15N7O/c23-15-5-2-6-21(15)12-4-1-3-11(7-12)8-17-13-9-16-10-14-18-19-20-22(13)14/h1,3-4,7,9-10,17H,2,5-6,8H2. The molecule has 8 nitrogen and oxygen atoms in total. The van der Waals surface area contributed by atoms with Gasteiger partial charge >= 0.3 is 0 Å². The molecule has 1 aromatic carbocycles. The minimum atomic E-state index is 0.192. The van der Waals surface area contributed by atoms with Gasteiger partial charge in [0.15, 0.2) is 11.5 Å². The van der Waals surface area contributed by atoms with Gasteiger partial charge < -0.3 is 10.2 Å². The number of fused-ring (bicyclic) bond motifs is 1. The molecule has 1 fully saturated rings. The lowest BCUT2D eigenvalue weighted by Gasteiger charge is -2.16. The first-order valence-electron chi connectivity index (χ1n) is 7.46. The van der Waals surface area contributed by atoms with Crippen LogP contribution in [0.25, 0.3) is 5.65 Å². The second-order valence-corrected chi connectivity index (χ2v) is 5.41. The Morgan fingerprint density at radius 2 is 2.22 bits per heavy atom. The Morgan fingerprint density at radius 3 is 3.09 bits per heavy atom. The molecule has 0 unspecified atom stereocenters. The van der Waals surface area contributed by atoms with E-state index < -0.39 is 0 Å². The maximum absolute atomic E-state index is 11.9. The first-order chi connectivity index (χ1) is 11.3. The molecule has 0 radical (unpaired) electrons. The normalized spacial score (nSPS) is 14.6. The van der Waals surface area contributed by atoms with Crippen LogP contribution in [0.3, 0.4) is 0 Å². The molecule has 0 saturated carbocycles. The van der Waals surface area contributed by atoms with Crippen LogP contribution in [0.1, 0.15) is 18.4 Å². The van der Waals surface area contributed by atoms with Gasteiger partial charge in [-0.3, -0.25) is 9.78 Å². The summed E-state index contributed by atoms with van der Waals surface area (Å²) in [4.78, 5) is 17.8. The van der Waals surface area contributed by atoms with Crippen LogP contribution in [0.2, 0.25) is 0 Å². The van der Waals surface area contributed by atoms with Gasteiger partial charge in [0, 0.05) is 25.2 Å². The number of carbonyl (C=O) groups excluding carboxylic acids is 1. The molecule has 3 heterocycles. The molecule has 0 bridgehead atoms. The number of nitrogens with one attached hydrogen (secondary N) is 1. The Kier molecular flexibility index (Phi) is 3.34. The van der Waals surface area contributed by atoms with E-state index in [-0.39, 0.29) is 5.91 Å². The van der Waals surface area contributed by atoms with Crippen LogP contribution in [0.4, 0.5) is 11.5 Å². The van der Waals surface area contributed by atoms with Gasteiger partial charge in [0.05, 0.1) is 12.4 Å². The van der Waals surface area contributed by atoms with Crippen LogP contribution in [-0.2, 0) is 11.3 Å². The number of carbonyl (C=O) groups is 1. The summed E-state index contributed by atoms with van der Waals surface area (Å²) >= 11 is 0. The highest BCUT2D eigenvalue weighted by molar-refractivity contribution is 5.95. The summed E-state index contributed by atoms with van der Waals surface area (Å²) in [6.45, 7) is 1.39. The number of amides is 1. The van der Waals surface area contributed by atoms with Crippen molar-refractivity contribution in [2.45, 2.75) is 19.4 Å². The number of hydrogen-bond acceptors (Lipinski definition) is 6. The van der Waals surface area contributed by atoms with Crippen molar-refractivity contribution in [3.63, 3.8) is 0 Å². The minimum Gasteiger partial charge on any atom is -0.365 e. The summed E-state index contributed by atoms with van der Waals surface area (Å²) in [5.74, 6) is 0.910. The molecule has 1 amide bonds. The maximum Gasteiger partial charge on any atom is 0.227 e. The number of nitrogens with zero attached hydrogens (tertiary/aromatic N) is 6. The van der Waals surface area contributed by atoms with Crippen LogP contribution in [0.5, 0.6) is 0 Å². The Hall–Kier alpha value is -3.03. The van der Waals surface area contributed by atoms with Gasteiger partial charge in [-0.05, 0) is 34.5 Å². The van der Waals surface area contributed by atoms with Crippen molar-refractivity contribution in [3.05, 3.63) is 42.2 Å². The van der Waals surface area contributed by atoms with E-state index in [1.165, 1.54) is 0 Å². The average molecular weight is 309 g/mol. The van der Waals surface area contributed by atoms with Crippen molar-refractivity contribution in [1.82, 2.24) is 25.0 Å². The number of anilines is 2. The van der Waals surface area contributed by atoms with Gasteiger partial charge in [-0.1, -0.05) is 12.1 Å². The van der Waals surface area contributed by atoms with Crippen LogP contribution < -0.4 is 10.2 Å². The fourth-order valence-electron chi connectivity index (χ4n) is 2.74. The number of tetrazole rings is 1. The smallest absolute Gasteiger partial charge is 0.227 e. The summed E-state index contributed by atoms with van der Waals surface area (Å²) < 4.78 is 1.60. The number of benzene rings is 1. The number of hydrogen-bond donors (Lipinski definition) is 1.